The zero-order chi connectivity index (χ0) is 12.4. The number of allylic oxidation sites excluding steroid dienone is 2. The molecule has 1 aliphatic heterocycles. The van der Waals surface area contributed by atoms with Gasteiger partial charge >= 0.3 is 0 Å². The van der Waals surface area contributed by atoms with Crippen molar-refractivity contribution in [2.24, 2.45) is 0 Å². The van der Waals surface area contributed by atoms with Gasteiger partial charge in [-0.2, -0.15) is 21.0 Å². The lowest BCUT2D eigenvalue weighted by Crippen LogP contribution is -2.47. The van der Waals surface area contributed by atoms with Crippen LogP contribution in [0.25, 0.3) is 0 Å². The maximum absolute atomic E-state index is 9.11. The van der Waals surface area contributed by atoms with Crippen molar-refractivity contribution in [3.63, 3.8) is 0 Å². The maximum Gasteiger partial charge on any atom is 0.234 e. The molecule has 0 aromatic rings. The Labute approximate surface area is 102 Å². The Kier molecular flexibility index (Phi) is 3.20. The summed E-state index contributed by atoms with van der Waals surface area (Å²) >= 11 is 1.98. The van der Waals surface area contributed by atoms with E-state index in [1.165, 1.54) is 0 Å². The van der Waals surface area contributed by atoms with Crippen LogP contribution in [-0.4, -0.2) is 9.49 Å². The van der Waals surface area contributed by atoms with Crippen LogP contribution in [0.1, 0.15) is 13.8 Å². The Balaban J connectivity index is 3.53. The van der Waals surface area contributed by atoms with E-state index in [0.29, 0.717) is 0 Å². The minimum Gasteiger partial charge on any atom is -0.195 e. The Hall–Kier alpha value is -1.60. The third kappa shape index (κ3) is 1.44. The van der Waals surface area contributed by atoms with Crippen molar-refractivity contribution in [2.45, 2.75) is 23.3 Å². The van der Waals surface area contributed by atoms with Gasteiger partial charge < -0.3 is 0 Å². The average molecular weight is 246 g/mol. The molecule has 0 aromatic carbocycles. The molecule has 0 aliphatic carbocycles. The summed E-state index contributed by atoms with van der Waals surface area (Å²) in [7, 11) is 0. The molecule has 0 bridgehead atoms. The van der Waals surface area contributed by atoms with Crippen molar-refractivity contribution < 1.29 is 0 Å². The van der Waals surface area contributed by atoms with Gasteiger partial charge in [-0.05, 0) is 23.7 Å². The van der Waals surface area contributed by atoms with E-state index in [-0.39, 0.29) is 0 Å². The van der Waals surface area contributed by atoms with Gasteiger partial charge in [0.1, 0.15) is 0 Å². The normalized spacial score (nSPS) is 21.1. The fourth-order valence-electron chi connectivity index (χ4n) is 1.20. The van der Waals surface area contributed by atoms with Gasteiger partial charge in [-0.3, -0.25) is 0 Å². The average Bonchev–Trinajstić information content (AvgIpc) is 2.32. The number of rotatable bonds is 0. The van der Waals surface area contributed by atoms with Crippen LogP contribution in [0.3, 0.4) is 0 Å². The highest BCUT2D eigenvalue weighted by Gasteiger charge is 2.59. The van der Waals surface area contributed by atoms with Crippen LogP contribution in [0.2, 0.25) is 0 Å². The summed E-state index contributed by atoms with van der Waals surface area (Å²) < 4.78 is -3.32. The summed E-state index contributed by atoms with van der Waals surface area (Å²) in [6, 6.07) is 7.25. The van der Waals surface area contributed by atoms with E-state index in [0.717, 1.165) is 33.3 Å². The molecule has 0 radical (unpaired) electrons. The highest BCUT2D eigenvalue weighted by molar-refractivity contribution is 8.12. The van der Waals surface area contributed by atoms with Crippen molar-refractivity contribution in [3.05, 3.63) is 9.81 Å². The summed E-state index contributed by atoms with van der Waals surface area (Å²) in [5, 5.41) is 36.4. The maximum atomic E-state index is 9.11. The quantitative estimate of drug-likeness (QED) is 0.650. The largest absolute Gasteiger partial charge is 0.234 e. The van der Waals surface area contributed by atoms with Gasteiger partial charge in [-0.25, -0.2) is 0 Å². The van der Waals surface area contributed by atoms with E-state index in [4.69, 9.17) is 21.0 Å². The number of nitriles is 4. The molecule has 0 N–H and O–H groups in total. The molecule has 0 amide bonds. The molecule has 78 valence electrons. The second-order valence-electron chi connectivity index (χ2n) is 3.13. The molecule has 1 rings (SSSR count). The highest BCUT2D eigenvalue weighted by atomic mass is 32.2. The smallest absolute Gasteiger partial charge is 0.195 e. The van der Waals surface area contributed by atoms with Crippen molar-refractivity contribution >= 4 is 23.5 Å². The van der Waals surface area contributed by atoms with E-state index in [2.05, 4.69) is 0 Å². The van der Waals surface area contributed by atoms with Crippen LogP contribution < -0.4 is 0 Å². The molecule has 0 spiro atoms. The molecule has 0 unspecified atom stereocenters. The fraction of sp³-hybridized carbons (Fsp3) is 0.400. The van der Waals surface area contributed by atoms with Gasteiger partial charge in [0.15, 0.2) is 0 Å². The van der Waals surface area contributed by atoms with Crippen LogP contribution >= 0.6 is 23.5 Å². The number of nitrogens with zero attached hydrogens (tertiary/aromatic N) is 4. The van der Waals surface area contributed by atoms with Crippen LogP contribution in [0.4, 0.5) is 0 Å². The van der Waals surface area contributed by atoms with Crippen molar-refractivity contribution in [1.29, 1.82) is 21.0 Å². The fourth-order valence-corrected chi connectivity index (χ4v) is 3.56. The first kappa shape index (κ1) is 12.5. The Morgan fingerprint density at radius 2 is 1.00 bits per heavy atom. The Bertz CT molecular complexity index is 445. The molecule has 6 heteroatoms. The number of thioether (sulfide) groups is 2. The van der Waals surface area contributed by atoms with Gasteiger partial charge in [-0.1, -0.05) is 23.5 Å². The highest BCUT2D eigenvalue weighted by Crippen LogP contribution is 2.55. The summed E-state index contributed by atoms with van der Waals surface area (Å²) in [6.45, 7) is 3.55. The first-order valence-corrected chi connectivity index (χ1v) is 5.84. The van der Waals surface area contributed by atoms with Crippen molar-refractivity contribution in [1.82, 2.24) is 0 Å². The molecule has 16 heavy (non-hydrogen) atoms. The van der Waals surface area contributed by atoms with E-state index >= 15 is 0 Å². The van der Waals surface area contributed by atoms with E-state index < -0.39 is 9.49 Å². The van der Waals surface area contributed by atoms with Gasteiger partial charge in [-0.15, -0.1) is 0 Å². The van der Waals surface area contributed by atoms with Crippen LogP contribution in [0.5, 0.6) is 0 Å². The molecule has 1 aliphatic rings. The standard InChI is InChI=1S/C10H6N4S2/c1-7-8(2)16-10(5-13,6-14)9(3-11,4-12)15-7/h1-2H3. The molecular formula is C10H6N4S2. The molecule has 1 heterocycles. The lowest BCUT2D eigenvalue weighted by Gasteiger charge is -2.34. The predicted octanol–water partition coefficient (Wildman–Crippen LogP) is 2.29. The van der Waals surface area contributed by atoms with Gasteiger partial charge in [0, 0.05) is 0 Å². The third-order valence-electron chi connectivity index (χ3n) is 2.23. The van der Waals surface area contributed by atoms with Crippen LogP contribution in [0, 0.1) is 45.3 Å². The SMILES string of the molecule is CC1=C(C)SC(C#N)(C#N)C(C#N)(C#N)S1. The third-order valence-corrected chi connectivity index (χ3v) is 5.31. The van der Waals surface area contributed by atoms with E-state index in [1.807, 2.05) is 24.3 Å². The van der Waals surface area contributed by atoms with Gasteiger partial charge in [0.2, 0.25) is 9.49 Å². The van der Waals surface area contributed by atoms with E-state index in [9.17, 15) is 0 Å². The van der Waals surface area contributed by atoms with E-state index in [1.54, 1.807) is 13.8 Å². The summed E-state index contributed by atoms with van der Waals surface area (Å²) in [5.74, 6) is 0. The second kappa shape index (κ2) is 4.11. The zero-order valence-electron chi connectivity index (χ0n) is 8.61. The second-order valence-corrected chi connectivity index (χ2v) is 5.98. The topological polar surface area (TPSA) is 95.2 Å². The lowest BCUT2D eigenvalue weighted by molar-refractivity contribution is 0.825. The monoisotopic (exact) mass is 246 g/mol. The summed E-state index contributed by atoms with van der Waals surface area (Å²) in [6.07, 6.45) is 0. The molecule has 0 atom stereocenters. The molecule has 0 aromatic heterocycles. The molecule has 0 saturated carbocycles. The summed E-state index contributed by atoms with van der Waals surface area (Å²) in [4.78, 5) is 1.60. The first-order valence-electron chi connectivity index (χ1n) is 4.21. The van der Waals surface area contributed by atoms with Gasteiger partial charge in [0.05, 0.1) is 24.3 Å². The van der Waals surface area contributed by atoms with Gasteiger partial charge in [0.25, 0.3) is 0 Å². The minimum absolute atomic E-state index is 0.800. The predicted molar refractivity (Wildman–Crippen MR) is 61.5 cm³/mol. The molecule has 4 nitrogen and oxygen atoms in total. The van der Waals surface area contributed by atoms with Crippen LogP contribution in [0.15, 0.2) is 9.81 Å². The van der Waals surface area contributed by atoms with Crippen LogP contribution in [-0.2, 0) is 0 Å². The minimum atomic E-state index is -1.66. The Morgan fingerprint density at radius 3 is 1.19 bits per heavy atom. The zero-order valence-corrected chi connectivity index (χ0v) is 10.2. The number of hydrogen-bond donors (Lipinski definition) is 0. The number of hydrogen-bond acceptors (Lipinski definition) is 6. The molecule has 0 saturated heterocycles. The van der Waals surface area contributed by atoms with Crippen molar-refractivity contribution in [2.75, 3.05) is 0 Å². The Morgan fingerprint density at radius 1 is 0.750 bits per heavy atom. The molecular weight excluding hydrogens is 240 g/mol. The molecule has 0 fully saturated rings. The lowest BCUT2D eigenvalue weighted by atomic mass is 9.95. The van der Waals surface area contributed by atoms with Crippen molar-refractivity contribution in [3.8, 4) is 24.3 Å². The first-order chi connectivity index (χ1) is 7.50. The summed E-state index contributed by atoms with van der Waals surface area (Å²) in [5.41, 5.74) is 0.